The van der Waals surface area contributed by atoms with Crippen LogP contribution in [0.5, 0.6) is 0 Å². The molecule has 3 rings (SSSR count). The fraction of sp³-hybridized carbons (Fsp3) is 0.385. The van der Waals surface area contributed by atoms with Crippen molar-refractivity contribution in [1.82, 2.24) is 14.8 Å². The molecular weight excluding hydrogens is 314 g/mol. The van der Waals surface area contributed by atoms with Gasteiger partial charge in [-0.25, -0.2) is 0 Å². The van der Waals surface area contributed by atoms with E-state index in [4.69, 9.17) is 11.6 Å². The monoisotopic (exact) mass is 325 g/mol. The second-order valence-corrected chi connectivity index (χ2v) is 6.08. The Morgan fingerprint density at radius 1 is 1.22 bits per heavy atom. The van der Waals surface area contributed by atoms with Gasteiger partial charge in [0, 0.05) is 10.4 Å². The molecule has 1 fully saturated rings. The Bertz CT molecular complexity index is 594. The number of aryl methyl sites for hydroxylation is 2. The van der Waals surface area contributed by atoms with E-state index in [1.807, 2.05) is 4.57 Å². The number of aromatic nitrogens is 3. The zero-order valence-electron chi connectivity index (χ0n) is 10.2. The molecule has 0 spiro atoms. The standard InChI is InChI=1S/C13H13BrClN3/c1-7-5-10(14)6-8(2)11(7)18-12(9-3-4-9)16-17-13(18)15/h5-6,9H,3-4H2,1-2H3. The van der Waals surface area contributed by atoms with Gasteiger partial charge in [0.1, 0.15) is 5.82 Å². The fourth-order valence-electron chi connectivity index (χ4n) is 2.34. The smallest absolute Gasteiger partial charge is 0.229 e. The van der Waals surface area contributed by atoms with Crippen molar-refractivity contribution in [1.29, 1.82) is 0 Å². The van der Waals surface area contributed by atoms with Crippen molar-refractivity contribution in [3.05, 3.63) is 38.8 Å². The van der Waals surface area contributed by atoms with Crippen molar-refractivity contribution in [2.45, 2.75) is 32.6 Å². The topological polar surface area (TPSA) is 30.7 Å². The number of nitrogens with zero attached hydrogens (tertiary/aromatic N) is 3. The summed E-state index contributed by atoms with van der Waals surface area (Å²) >= 11 is 9.73. The summed E-state index contributed by atoms with van der Waals surface area (Å²) in [5.74, 6) is 1.51. The highest BCUT2D eigenvalue weighted by Crippen LogP contribution is 2.41. The molecule has 0 radical (unpaired) electrons. The first-order valence-corrected chi connectivity index (χ1v) is 7.13. The summed E-state index contributed by atoms with van der Waals surface area (Å²) in [6, 6.07) is 4.19. The molecule has 3 nitrogen and oxygen atoms in total. The lowest BCUT2D eigenvalue weighted by Crippen LogP contribution is -2.05. The predicted octanol–water partition coefficient (Wildman–Crippen LogP) is 4.18. The summed E-state index contributed by atoms with van der Waals surface area (Å²) in [7, 11) is 0. The number of benzene rings is 1. The maximum absolute atomic E-state index is 6.21. The van der Waals surface area contributed by atoms with Crippen LogP contribution in [0.15, 0.2) is 16.6 Å². The highest BCUT2D eigenvalue weighted by Gasteiger charge is 2.31. The second kappa shape index (κ2) is 4.35. The molecule has 5 heteroatoms. The van der Waals surface area contributed by atoms with Gasteiger partial charge in [-0.2, -0.15) is 0 Å². The van der Waals surface area contributed by atoms with E-state index in [0.29, 0.717) is 11.2 Å². The molecule has 0 saturated heterocycles. The molecule has 0 atom stereocenters. The molecule has 94 valence electrons. The Balaban J connectivity index is 2.23. The number of hydrogen-bond donors (Lipinski definition) is 0. The third kappa shape index (κ3) is 1.97. The molecule has 0 bridgehead atoms. The van der Waals surface area contributed by atoms with Crippen LogP contribution in [0.1, 0.15) is 35.7 Å². The number of halogens is 2. The lowest BCUT2D eigenvalue weighted by atomic mass is 10.1. The Labute approximate surface area is 119 Å². The molecule has 1 aliphatic carbocycles. The molecule has 0 unspecified atom stereocenters. The number of hydrogen-bond acceptors (Lipinski definition) is 2. The molecular formula is C13H13BrClN3. The van der Waals surface area contributed by atoms with Gasteiger partial charge in [0.25, 0.3) is 0 Å². The molecule has 1 saturated carbocycles. The van der Waals surface area contributed by atoms with Gasteiger partial charge in [-0.05, 0) is 61.5 Å². The molecule has 1 aliphatic rings. The summed E-state index contributed by atoms with van der Waals surface area (Å²) in [6.07, 6.45) is 2.37. The molecule has 1 aromatic carbocycles. The Hall–Kier alpha value is -0.870. The summed E-state index contributed by atoms with van der Waals surface area (Å²) < 4.78 is 3.08. The average molecular weight is 327 g/mol. The van der Waals surface area contributed by atoms with Crippen molar-refractivity contribution in [3.8, 4) is 5.69 Å². The van der Waals surface area contributed by atoms with Crippen LogP contribution in [-0.4, -0.2) is 14.8 Å². The largest absolute Gasteiger partial charge is 0.269 e. The van der Waals surface area contributed by atoms with Crippen LogP contribution in [0.2, 0.25) is 5.28 Å². The Kier molecular flexibility index (Phi) is 2.94. The number of rotatable bonds is 2. The van der Waals surface area contributed by atoms with Crippen molar-refractivity contribution in [3.63, 3.8) is 0 Å². The van der Waals surface area contributed by atoms with Gasteiger partial charge < -0.3 is 0 Å². The van der Waals surface area contributed by atoms with Crippen molar-refractivity contribution >= 4 is 27.5 Å². The van der Waals surface area contributed by atoms with Crippen LogP contribution in [0.3, 0.4) is 0 Å². The van der Waals surface area contributed by atoms with Gasteiger partial charge >= 0.3 is 0 Å². The minimum absolute atomic E-state index is 0.449. The first kappa shape index (κ1) is 12.2. The van der Waals surface area contributed by atoms with E-state index >= 15 is 0 Å². The summed E-state index contributed by atoms with van der Waals surface area (Å²) in [5.41, 5.74) is 3.45. The van der Waals surface area contributed by atoms with E-state index < -0.39 is 0 Å². The average Bonchev–Trinajstić information content (AvgIpc) is 3.04. The molecule has 0 N–H and O–H groups in total. The lowest BCUT2D eigenvalue weighted by molar-refractivity contribution is 0.863. The summed E-state index contributed by atoms with van der Waals surface area (Å²) in [5, 5.41) is 8.70. The molecule has 1 aromatic heterocycles. The normalized spacial score (nSPS) is 15.1. The Morgan fingerprint density at radius 2 is 1.83 bits per heavy atom. The highest BCUT2D eigenvalue weighted by atomic mass is 79.9. The lowest BCUT2D eigenvalue weighted by Gasteiger charge is -2.14. The van der Waals surface area contributed by atoms with Crippen molar-refractivity contribution in [2.24, 2.45) is 0 Å². The zero-order chi connectivity index (χ0) is 12.9. The van der Waals surface area contributed by atoms with Crippen LogP contribution >= 0.6 is 27.5 Å². The first-order chi connectivity index (χ1) is 8.58. The van der Waals surface area contributed by atoms with Gasteiger partial charge in [-0.3, -0.25) is 4.57 Å². The van der Waals surface area contributed by atoms with E-state index in [1.54, 1.807) is 0 Å². The van der Waals surface area contributed by atoms with E-state index in [0.717, 1.165) is 16.0 Å². The molecule has 18 heavy (non-hydrogen) atoms. The zero-order valence-corrected chi connectivity index (χ0v) is 12.6. The van der Waals surface area contributed by atoms with Crippen molar-refractivity contribution in [2.75, 3.05) is 0 Å². The maximum Gasteiger partial charge on any atom is 0.229 e. The van der Waals surface area contributed by atoms with Gasteiger partial charge in [0.05, 0.1) is 5.69 Å². The third-order valence-corrected chi connectivity index (χ3v) is 3.97. The fourth-order valence-corrected chi connectivity index (χ4v) is 3.24. The maximum atomic E-state index is 6.21. The summed E-state index contributed by atoms with van der Waals surface area (Å²) in [6.45, 7) is 4.17. The van der Waals surface area contributed by atoms with Crippen LogP contribution in [0, 0.1) is 13.8 Å². The SMILES string of the molecule is Cc1cc(Br)cc(C)c1-n1c(Cl)nnc1C1CC1. The van der Waals surface area contributed by atoms with E-state index in [-0.39, 0.29) is 0 Å². The van der Waals surface area contributed by atoms with Crippen LogP contribution < -0.4 is 0 Å². The molecule has 1 heterocycles. The summed E-state index contributed by atoms with van der Waals surface area (Å²) in [4.78, 5) is 0. The van der Waals surface area contributed by atoms with E-state index in [9.17, 15) is 0 Å². The van der Waals surface area contributed by atoms with Crippen molar-refractivity contribution < 1.29 is 0 Å². The Morgan fingerprint density at radius 3 is 2.39 bits per heavy atom. The van der Waals surface area contributed by atoms with Crippen LogP contribution in [0.4, 0.5) is 0 Å². The molecule has 0 amide bonds. The van der Waals surface area contributed by atoms with Crippen LogP contribution in [0.25, 0.3) is 5.69 Å². The third-order valence-electron chi connectivity index (χ3n) is 3.27. The predicted molar refractivity (Wildman–Crippen MR) is 75.5 cm³/mol. The minimum atomic E-state index is 0.449. The van der Waals surface area contributed by atoms with E-state index in [1.165, 1.54) is 24.0 Å². The van der Waals surface area contributed by atoms with Gasteiger partial charge in [-0.15, -0.1) is 10.2 Å². The second-order valence-electron chi connectivity index (χ2n) is 4.83. The van der Waals surface area contributed by atoms with Gasteiger partial charge in [0.2, 0.25) is 5.28 Å². The van der Waals surface area contributed by atoms with Gasteiger partial charge in [0.15, 0.2) is 0 Å². The highest BCUT2D eigenvalue weighted by molar-refractivity contribution is 9.10. The first-order valence-electron chi connectivity index (χ1n) is 5.96. The quantitative estimate of drug-likeness (QED) is 0.829. The van der Waals surface area contributed by atoms with Gasteiger partial charge in [-0.1, -0.05) is 15.9 Å². The molecule has 2 aromatic rings. The van der Waals surface area contributed by atoms with Crippen LogP contribution in [-0.2, 0) is 0 Å². The molecule has 0 aliphatic heterocycles. The van der Waals surface area contributed by atoms with E-state index in [2.05, 4.69) is 52.1 Å². The minimum Gasteiger partial charge on any atom is -0.269 e.